The molecule has 0 fully saturated rings. The van der Waals surface area contributed by atoms with E-state index in [1.54, 1.807) is 24.3 Å². The maximum atomic E-state index is 12.0. The first kappa shape index (κ1) is 18.0. The van der Waals surface area contributed by atoms with E-state index < -0.39 is 23.5 Å². The van der Waals surface area contributed by atoms with Crippen LogP contribution in [0.3, 0.4) is 0 Å². The van der Waals surface area contributed by atoms with Crippen LogP contribution >= 0.6 is 11.6 Å². The monoisotopic (exact) mass is 326 g/mol. The summed E-state index contributed by atoms with van der Waals surface area (Å²) in [6, 6.07) is 6.17. The first-order valence-corrected chi connectivity index (χ1v) is 7.06. The minimum atomic E-state index is -1.38. The Labute approximate surface area is 133 Å². The molecule has 0 aromatic heterocycles. The fourth-order valence-electron chi connectivity index (χ4n) is 1.83. The largest absolute Gasteiger partial charge is 0.480 e. The average Bonchev–Trinajstić information content (AvgIpc) is 2.37. The third kappa shape index (κ3) is 5.37. The van der Waals surface area contributed by atoms with Crippen molar-refractivity contribution in [2.24, 2.45) is 0 Å². The molecule has 0 aliphatic carbocycles. The van der Waals surface area contributed by atoms with E-state index in [1.807, 2.05) is 0 Å². The molecule has 1 aromatic rings. The number of nitrogens with one attached hydrogen (secondary N) is 2. The zero-order chi connectivity index (χ0) is 16.9. The highest BCUT2D eigenvalue weighted by Crippen LogP contribution is 2.20. The molecular weight excluding hydrogens is 308 g/mol. The van der Waals surface area contributed by atoms with Crippen LogP contribution in [0.2, 0.25) is 5.02 Å². The number of carbonyl (C=O) groups excluding carboxylic acids is 2. The van der Waals surface area contributed by atoms with Crippen LogP contribution in [0.25, 0.3) is 0 Å². The summed E-state index contributed by atoms with van der Waals surface area (Å²) in [5.41, 5.74) is -0.666. The lowest BCUT2D eigenvalue weighted by Crippen LogP contribution is -2.50. The van der Waals surface area contributed by atoms with E-state index in [1.165, 1.54) is 20.8 Å². The normalized spacial score (nSPS) is 12.4. The fraction of sp³-hybridized carbons (Fsp3) is 0.400. The Morgan fingerprint density at radius 3 is 2.23 bits per heavy atom. The molecule has 0 spiro atoms. The second-order valence-corrected chi connectivity index (χ2v) is 5.92. The molecular formula is C15H19ClN2O4. The molecule has 1 rings (SSSR count). The molecule has 0 bridgehead atoms. The van der Waals surface area contributed by atoms with Crippen molar-refractivity contribution in [2.45, 2.75) is 38.8 Å². The summed E-state index contributed by atoms with van der Waals surface area (Å²) in [6.45, 7) is 4.13. The lowest BCUT2D eigenvalue weighted by atomic mass is 10.0. The van der Waals surface area contributed by atoms with Gasteiger partial charge in [0.05, 0.1) is 12.5 Å². The maximum Gasteiger partial charge on any atom is 0.328 e. The Hall–Kier alpha value is -2.08. The topological polar surface area (TPSA) is 95.5 Å². The van der Waals surface area contributed by atoms with E-state index in [-0.39, 0.29) is 12.3 Å². The number of aliphatic carboxylic acids is 1. The molecule has 120 valence electrons. The van der Waals surface area contributed by atoms with Crippen LogP contribution in [0.15, 0.2) is 24.3 Å². The van der Waals surface area contributed by atoms with Gasteiger partial charge in [0.25, 0.3) is 0 Å². The van der Waals surface area contributed by atoms with Crippen molar-refractivity contribution < 1.29 is 19.5 Å². The molecule has 1 unspecified atom stereocenters. The van der Waals surface area contributed by atoms with Gasteiger partial charge in [-0.05, 0) is 31.5 Å². The lowest BCUT2D eigenvalue weighted by molar-refractivity contribution is -0.146. The van der Waals surface area contributed by atoms with Crippen molar-refractivity contribution in [3.63, 3.8) is 0 Å². The van der Waals surface area contributed by atoms with Gasteiger partial charge in [0.1, 0.15) is 5.54 Å². The third-order valence-corrected chi connectivity index (χ3v) is 3.28. The highest BCUT2D eigenvalue weighted by molar-refractivity contribution is 6.30. The van der Waals surface area contributed by atoms with Crippen LogP contribution < -0.4 is 10.6 Å². The van der Waals surface area contributed by atoms with Crippen molar-refractivity contribution in [1.29, 1.82) is 0 Å². The fourth-order valence-corrected chi connectivity index (χ4v) is 1.96. The molecule has 0 aliphatic heterocycles. The first-order valence-electron chi connectivity index (χ1n) is 6.69. The summed E-state index contributed by atoms with van der Waals surface area (Å²) in [5, 5.41) is 14.7. The van der Waals surface area contributed by atoms with E-state index in [9.17, 15) is 14.4 Å². The van der Waals surface area contributed by atoms with Crippen molar-refractivity contribution >= 4 is 29.4 Å². The van der Waals surface area contributed by atoms with E-state index in [0.717, 1.165) is 0 Å². The molecule has 0 radical (unpaired) electrons. The SMILES string of the molecule is CC(=O)NC(CC(=O)NC(C)(C)C(=O)O)c1ccc(Cl)cc1. The van der Waals surface area contributed by atoms with Gasteiger partial charge in [0, 0.05) is 11.9 Å². The second kappa shape index (κ2) is 7.26. The number of benzene rings is 1. The summed E-state index contributed by atoms with van der Waals surface area (Å²) in [7, 11) is 0. The predicted octanol–water partition coefficient (Wildman–Crippen LogP) is 1.89. The quantitative estimate of drug-likeness (QED) is 0.744. The Morgan fingerprint density at radius 2 is 1.77 bits per heavy atom. The van der Waals surface area contributed by atoms with Gasteiger partial charge in [0.2, 0.25) is 11.8 Å². The lowest BCUT2D eigenvalue weighted by Gasteiger charge is -2.24. The van der Waals surface area contributed by atoms with Gasteiger partial charge in [-0.1, -0.05) is 23.7 Å². The Kier molecular flexibility index (Phi) is 5.93. The van der Waals surface area contributed by atoms with Gasteiger partial charge < -0.3 is 15.7 Å². The molecule has 0 saturated carbocycles. The Bertz CT molecular complexity index is 569. The molecule has 6 nitrogen and oxygen atoms in total. The zero-order valence-corrected chi connectivity index (χ0v) is 13.4. The standard InChI is InChI=1S/C15H19ClN2O4/c1-9(19)17-12(10-4-6-11(16)7-5-10)8-13(20)18-15(2,3)14(21)22/h4-7,12H,8H2,1-3H3,(H,17,19)(H,18,20)(H,21,22). The van der Waals surface area contributed by atoms with E-state index >= 15 is 0 Å². The summed E-state index contributed by atoms with van der Waals surface area (Å²) in [6.07, 6.45) is -0.0715. The number of halogens is 1. The Balaban J connectivity index is 2.85. The van der Waals surface area contributed by atoms with Crippen molar-refractivity contribution in [3.8, 4) is 0 Å². The molecule has 22 heavy (non-hydrogen) atoms. The minimum Gasteiger partial charge on any atom is -0.480 e. The second-order valence-electron chi connectivity index (χ2n) is 5.49. The zero-order valence-electron chi connectivity index (χ0n) is 12.6. The maximum absolute atomic E-state index is 12.0. The van der Waals surface area contributed by atoms with Gasteiger partial charge in [-0.15, -0.1) is 0 Å². The minimum absolute atomic E-state index is 0.0715. The van der Waals surface area contributed by atoms with Crippen molar-refractivity contribution in [2.75, 3.05) is 0 Å². The van der Waals surface area contributed by atoms with Gasteiger partial charge in [-0.3, -0.25) is 9.59 Å². The van der Waals surface area contributed by atoms with E-state index in [0.29, 0.717) is 10.6 Å². The summed E-state index contributed by atoms with van der Waals surface area (Å²) in [4.78, 5) is 34.4. The van der Waals surface area contributed by atoms with Gasteiger partial charge in [-0.2, -0.15) is 0 Å². The highest BCUT2D eigenvalue weighted by Gasteiger charge is 2.30. The number of amides is 2. The van der Waals surface area contributed by atoms with Gasteiger partial charge in [0.15, 0.2) is 0 Å². The van der Waals surface area contributed by atoms with Crippen LogP contribution in [0.4, 0.5) is 0 Å². The molecule has 0 saturated heterocycles. The summed E-state index contributed by atoms with van der Waals surface area (Å²) in [5.74, 6) is -1.89. The molecule has 1 aromatic carbocycles. The van der Waals surface area contributed by atoms with Crippen molar-refractivity contribution in [3.05, 3.63) is 34.9 Å². The average molecular weight is 327 g/mol. The molecule has 7 heteroatoms. The molecule has 2 amide bonds. The summed E-state index contributed by atoms with van der Waals surface area (Å²) < 4.78 is 0. The van der Waals surface area contributed by atoms with Crippen LogP contribution in [-0.2, 0) is 14.4 Å². The van der Waals surface area contributed by atoms with Crippen LogP contribution in [0.1, 0.15) is 38.8 Å². The number of carbonyl (C=O) groups is 3. The van der Waals surface area contributed by atoms with Crippen LogP contribution in [0.5, 0.6) is 0 Å². The molecule has 1 atom stereocenters. The smallest absolute Gasteiger partial charge is 0.328 e. The van der Waals surface area contributed by atoms with Gasteiger partial charge in [-0.25, -0.2) is 4.79 Å². The summed E-state index contributed by atoms with van der Waals surface area (Å²) >= 11 is 5.82. The third-order valence-electron chi connectivity index (χ3n) is 3.03. The number of carboxylic acids is 1. The molecule has 0 heterocycles. The first-order chi connectivity index (χ1) is 10.1. The molecule has 3 N–H and O–H groups in total. The Morgan fingerprint density at radius 1 is 1.23 bits per heavy atom. The predicted molar refractivity (Wildman–Crippen MR) is 82.5 cm³/mol. The van der Waals surface area contributed by atoms with Gasteiger partial charge >= 0.3 is 5.97 Å². The van der Waals surface area contributed by atoms with E-state index in [2.05, 4.69) is 10.6 Å². The highest BCUT2D eigenvalue weighted by atomic mass is 35.5. The number of carboxylic acid groups (broad SMARTS) is 1. The number of hydrogen-bond donors (Lipinski definition) is 3. The van der Waals surface area contributed by atoms with Crippen LogP contribution in [0, 0.1) is 0 Å². The van der Waals surface area contributed by atoms with E-state index in [4.69, 9.17) is 16.7 Å². The van der Waals surface area contributed by atoms with Crippen LogP contribution in [-0.4, -0.2) is 28.4 Å². The number of hydrogen-bond acceptors (Lipinski definition) is 3. The number of rotatable bonds is 6. The van der Waals surface area contributed by atoms with Crippen molar-refractivity contribution in [1.82, 2.24) is 10.6 Å². The molecule has 0 aliphatic rings.